The maximum Gasteiger partial charge on any atom is 0.158 e. The Kier molecular flexibility index (Phi) is 4.20. The van der Waals surface area contributed by atoms with E-state index in [2.05, 4.69) is 65.2 Å². The van der Waals surface area contributed by atoms with Crippen molar-refractivity contribution in [1.82, 2.24) is 4.57 Å². The molecule has 128 valence electrons. The van der Waals surface area contributed by atoms with Crippen LogP contribution in [0.2, 0.25) is 0 Å². The number of aromatic nitrogens is 1. The highest BCUT2D eigenvalue weighted by Gasteiger charge is 2.27. The minimum absolute atomic E-state index is 0.0467. The van der Waals surface area contributed by atoms with Crippen LogP contribution in [0.1, 0.15) is 17.4 Å². The number of ether oxygens (including phenoxy) is 2. The molecule has 1 unspecified atom stereocenters. The quantitative estimate of drug-likeness (QED) is 0.710. The number of aryl methyl sites for hydroxylation is 1. The van der Waals surface area contributed by atoms with E-state index in [4.69, 9.17) is 9.47 Å². The lowest BCUT2D eigenvalue weighted by molar-refractivity contribution is 0.114. The predicted molar refractivity (Wildman–Crippen MR) is 99.5 cm³/mol. The van der Waals surface area contributed by atoms with Crippen LogP contribution in [0.25, 0.3) is 5.69 Å². The minimum Gasteiger partial charge on any atom is -0.497 e. The van der Waals surface area contributed by atoms with Gasteiger partial charge in [-0.15, -0.1) is 0 Å². The average molecular weight is 334 g/mol. The molecular formula is C21H22N2O2. The van der Waals surface area contributed by atoms with E-state index in [0.717, 1.165) is 30.2 Å². The molecule has 0 N–H and O–H groups in total. The SMILES string of the molecule is COc1cccc(-n2ccc(C3OCCN3c3ccc(C)cc3)c2)c1. The zero-order valence-corrected chi connectivity index (χ0v) is 14.6. The van der Waals surface area contributed by atoms with Crippen molar-refractivity contribution in [3.05, 3.63) is 78.1 Å². The Bertz CT molecular complexity index is 854. The Morgan fingerprint density at radius 3 is 2.68 bits per heavy atom. The molecule has 0 aliphatic carbocycles. The molecule has 4 nitrogen and oxygen atoms in total. The first-order valence-corrected chi connectivity index (χ1v) is 8.52. The molecule has 0 bridgehead atoms. The highest BCUT2D eigenvalue weighted by atomic mass is 16.5. The summed E-state index contributed by atoms with van der Waals surface area (Å²) in [5, 5.41) is 0. The summed E-state index contributed by atoms with van der Waals surface area (Å²) in [6.45, 7) is 3.75. The molecule has 2 heterocycles. The molecule has 0 amide bonds. The zero-order chi connectivity index (χ0) is 17.2. The average Bonchev–Trinajstić information content (AvgIpc) is 3.31. The highest BCUT2D eigenvalue weighted by Crippen LogP contribution is 2.33. The van der Waals surface area contributed by atoms with Gasteiger partial charge in [-0.25, -0.2) is 0 Å². The molecule has 4 rings (SSSR count). The van der Waals surface area contributed by atoms with Crippen LogP contribution in [-0.2, 0) is 4.74 Å². The molecule has 2 aromatic carbocycles. The van der Waals surface area contributed by atoms with Crippen LogP contribution in [0.5, 0.6) is 5.75 Å². The molecule has 1 aromatic heterocycles. The van der Waals surface area contributed by atoms with Gasteiger partial charge in [0, 0.05) is 41.9 Å². The van der Waals surface area contributed by atoms with Crippen LogP contribution < -0.4 is 9.64 Å². The van der Waals surface area contributed by atoms with E-state index in [1.165, 1.54) is 11.3 Å². The van der Waals surface area contributed by atoms with Crippen molar-refractivity contribution in [2.45, 2.75) is 13.2 Å². The summed E-state index contributed by atoms with van der Waals surface area (Å²) in [5.74, 6) is 0.853. The lowest BCUT2D eigenvalue weighted by atomic mass is 10.2. The van der Waals surface area contributed by atoms with Crippen LogP contribution in [0, 0.1) is 6.92 Å². The van der Waals surface area contributed by atoms with Gasteiger partial charge in [0.05, 0.1) is 13.7 Å². The normalized spacial score (nSPS) is 17.0. The topological polar surface area (TPSA) is 26.6 Å². The summed E-state index contributed by atoms with van der Waals surface area (Å²) in [6, 6.07) is 18.8. The highest BCUT2D eigenvalue weighted by molar-refractivity contribution is 5.50. The van der Waals surface area contributed by atoms with Gasteiger partial charge in [0.2, 0.25) is 0 Å². The van der Waals surface area contributed by atoms with Crippen molar-refractivity contribution in [2.75, 3.05) is 25.2 Å². The lowest BCUT2D eigenvalue weighted by Crippen LogP contribution is -2.22. The Morgan fingerprint density at radius 2 is 1.88 bits per heavy atom. The molecule has 1 aliphatic heterocycles. The van der Waals surface area contributed by atoms with Crippen LogP contribution in [0.15, 0.2) is 67.0 Å². The molecule has 0 radical (unpaired) electrons. The van der Waals surface area contributed by atoms with E-state index in [9.17, 15) is 0 Å². The third kappa shape index (κ3) is 3.13. The summed E-state index contributed by atoms with van der Waals surface area (Å²) in [7, 11) is 1.69. The molecule has 4 heteroatoms. The predicted octanol–water partition coefficient (Wildman–Crippen LogP) is 4.33. The molecule has 1 saturated heterocycles. The van der Waals surface area contributed by atoms with Crippen LogP contribution in [0.3, 0.4) is 0 Å². The van der Waals surface area contributed by atoms with E-state index in [1.54, 1.807) is 7.11 Å². The summed E-state index contributed by atoms with van der Waals surface area (Å²) >= 11 is 0. The maximum absolute atomic E-state index is 6.02. The number of benzene rings is 2. The molecule has 1 aliphatic rings. The fourth-order valence-corrected chi connectivity index (χ4v) is 3.24. The summed E-state index contributed by atoms with van der Waals surface area (Å²) in [4.78, 5) is 2.31. The third-order valence-electron chi connectivity index (χ3n) is 4.61. The molecule has 0 spiro atoms. The fourth-order valence-electron chi connectivity index (χ4n) is 3.24. The Balaban J connectivity index is 1.61. The van der Waals surface area contributed by atoms with E-state index in [0.29, 0.717) is 0 Å². The molecule has 1 atom stereocenters. The van der Waals surface area contributed by atoms with Gasteiger partial charge < -0.3 is 18.9 Å². The van der Waals surface area contributed by atoms with Crippen molar-refractivity contribution >= 4 is 5.69 Å². The lowest BCUT2D eigenvalue weighted by Gasteiger charge is -2.24. The first-order valence-electron chi connectivity index (χ1n) is 8.52. The van der Waals surface area contributed by atoms with Gasteiger partial charge in [-0.2, -0.15) is 0 Å². The number of rotatable bonds is 4. The minimum atomic E-state index is -0.0467. The molecule has 3 aromatic rings. The second kappa shape index (κ2) is 6.65. The van der Waals surface area contributed by atoms with Gasteiger partial charge in [-0.05, 0) is 37.3 Å². The van der Waals surface area contributed by atoms with Crippen molar-refractivity contribution in [2.24, 2.45) is 0 Å². The first-order chi connectivity index (χ1) is 12.2. The molecule has 1 fully saturated rings. The number of anilines is 1. The second-order valence-electron chi connectivity index (χ2n) is 6.31. The van der Waals surface area contributed by atoms with Crippen molar-refractivity contribution < 1.29 is 9.47 Å². The summed E-state index contributed by atoms with van der Waals surface area (Å²) in [5.41, 5.74) is 4.69. The van der Waals surface area contributed by atoms with Crippen LogP contribution in [0.4, 0.5) is 5.69 Å². The van der Waals surface area contributed by atoms with Gasteiger partial charge in [-0.1, -0.05) is 23.8 Å². The number of methoxy groups -OCH3 is 1. The van der Waals surface area contributed by atoms with Gasteiger partial charge in [0.15, 0.2) is 6.23 Å². The Hall–Kier alpha value is -2.72. The van der Waals surface area contributed by atoms with E-state index in [1.807, 2.05) is 18.2 Å². The van der Waals surface area contributed by atoms with Crippen LogP contribution >= 0.6 is 0 Å². The monoisotopic (exact) mass is 334 g/mol. The van der Waals surface area contributed by atoms with Crippen LogP contribution in [-0.4, -0.2) is 24.8 Å². The largest absolute Gasteiger partial charge is 0.497 e. The smallest absolute Gasteiger partial charge is 0.158 e. The van der Waals surface area contributed by atoms with Gasteiger partial charge in [0.1, 0.15) is 5.75 Å². The van der Waals surface area contributed by atoms with E-state index >= 15 is 0 Å². The van der Waals surface area contributed by atoms with Crippen molar-refractivity contribution in [3.63, 3.8) is 0 Å². The van der Waals surface area contributed by atoms with E-state index in [-0.39, 0.29) is 6.23 Å². The third-order valence-corrected chi connectivity index (χ3v) is 4.61. The standard InChI is InChI=1S/C21H22N2O2/c1-16-6-8-18(9-7-16)23-12-13-25-21(23)17-10-11-22(15-17)19-4-3-5-20(14-19)24-2/h3-11,14-15,21H,12-13H2,1-2H3. The first kappa shape index (κ1) is 15.8. The van der Waals surface area contributed by atoms with Gasteiger partial charge in [0.25, 0.3) is 0 Å². The van der Waals surface area contributed by atoms with Crippen molar-refractivity contribution in [3.8, 4) is 11.4 Å². The second-order valence-corrected chi connectivity index (χ2v) is 6.31. The molecular weight excluding hydrogens is 312 g/mol. The summed E-state index contributed by atoms with van der Waals surface area (Å²) in [6.07, 6.45) is 4.15. The summed E-state index contributed by atoms with van der Waals surface area (Å²) < 4.78 is 13.4. The number of nitrogens with zero attached hydrogens (tertiary/aromatic N) is 2. The van der Waals surface area contributed by atoms with Gasteiger partial charge in [-0.3, -0.25) is 0 Å². The number of hydrogen-bond acceptors (Lipinski definition) is 3. The Labute approximate surface area is 148 Å². The maximum atomic E-state index is 6.02. The van der Waals surface area contributed by atoms with Crippen molar-refractivity contribution in [1.29, 1.82) is 0 Å². The molecule has 25 heavy (non-hydrogen) atoms. The number of hydrogen-bond donors (Lipinski definition) is 0. The zero-order valence-electron chi connectivity index (χ0n) is 14.6. The van der Waals surface area contributed by atoms with Gasteiger partial charge >= 0.3 is 0 Å². The Morgan fingerprint density at radius 1 is 1.04 bits per heavy atom. The fraction of sp³-hybridized carbons (Fsp3) is 0.238. The van der Waals surface area contributed by atoms with E-state index < -0.39 is 0 Å². The molecule has 0 saturated carbocycles.